The van der Waals surface area contributed by atoms with Crippen molar-refractivity contribution in [1.29, 1.82) is 0 Å². The highest BCUT2D eigenvalue weighted by molar-refractivity contribution is 5.76. The van der Waals surface area contributed by atoms with Gasteiger partial charge in [0, 0.05) is 13.1 Å². The summed E-state index contributed by atoms with van der Waals surface area (Å²) in [7, 11) is 0. The normalized spacial score (nSPS) is 14.7. The number of amides is 2. The fraction of sp³-hybridized carbons (Fsp3) is 0.462. The molecule has 0 saturated carbocycles. The topological polar surface area (TPSA) is 67.6 Å². The zero-order valence-electron chi connectivity index (χ0n) is 10.6. The molecule has 98 valence electrons. The largest absolute Gasteiger partial charge is 0.490 e. The number of rotatable bonds is 5. The quantitative estimate of drug-likeness (QED) is 0.771. The average molecular weight is 249 g/mol. The maximum Gasteiger partial charge on any atom is 0.317 e. The van der Waals surface area contributed by atoms with Crippen LogP contribution < -0.4 is 15.8 Å². The number of carbonyl (C=O) groups excluding carboxylic acids is 1. The highest BCUT2D eigenvalue weighted by atomic mass is 16.5. The van der Waals surface area contributed by atoms with Gasteiger partial charge in [0.25, 0.3) is 0 Å². The van der Waals surface area contributed by atoms with E-state index in [1.807, 2.05) is 18.2 Å². The van der Waals surface area contributed by atoms with Crippen LogP contribution in [0.1, 0.15) is 12.5 Å². The van der Waals surface area contributed by atoms with E-state index in [1.165, 1.54) is 5.56 Å². The van der Waals surface area contributed by atoms with Gasteiger partial charge in [0.1, 0.15) is 12.4 Å². The van der Waals surface area contributed by atoms with Crippen LogP contribution in [0.4, 0.5) is 10.5 Å². The average Bonchev–Trinajstić information content (AvgIpc) is 2.77. The fourth-order valence-electron chi connectivity index (χ4n) is 1.94. The third kappa shape index (κ3) is 2.85. The Kier molecular flexibility index (Phi) is 3.92. The van der Waals surface area contributed by atoms with E-state index in [0.29, 0.717) is 31.1 Å². The molecule has 1 aliphatic heterocycles. The Morgan fingerprint density at radius 2 is 2.33 bits per heavy atom. The zero-order chi connectivity index (χ0) is 13.0. The van der Waals surface area contributed by atoms with Crippen LogP contribution >= 0.6 is 0 Å². The molecule has 1 aliphatic rings. The second-order valence-electron chi connectivity index (χ2n) is 4.29. The maximum atomic E-state index is 11.3. The van der Waals surface area contributed by atoms with Crippen molar-refractivity contribution in [1.82, 2.24) is 10.2 Å². The molecule has 5 heteroatoms. The van der Waals surface area contributed by atoms with Crippen LogP contribution in [0.15, 0.2) is 18.2 Å². The van der Waals surface area contributed by atoms with Crippen LogP contribution in [0.5, 0.6) is 5.75 Å². The third-order valence-electron chi connectivity index (χ3n) is 3.05. The first-order valence-electron chi connectivity index (χ1n) is 6.24. The van der Waals surface area contributed by atoms with Crippen molar-refractivity contribution in [3.8, 4) is 5.75 Å². The van der Waals surface area contributed by atoms with Gasteiger partial charge in [0.05, 0.1) is 12.2 Å². The predicted molar refractivity (Wildman–Crippen MR) is 70.7 cm³/mol. The van der Waals surface area contributed by atoms with Crippen molar-refractivity contribution in [2.75, 3.05) is 32.0 Å². The van der Waals surface area contributed by atoms with E-state index >= 15 is 0 Å². The molecule has 5 nitrogen and oxygen atoms in total. The van der Waals surface area contributed by atoms with E-state index in [2.05, 4.69) is 12.2 Å². The van der Waals surface area contributed by atoms with Crippen LogP contribution in [-0.4, -0.2) is 37.2 Å². The van der Waals surface area contributed by atoms with Crippen molar-refractivity contribution in [2.45, 2.75) is 13.3 Å². The Morgan fingerprint density at radius 1 is 1.50 bits per heavy atom. The van der Waals surface area contributed by atoms with E-state index in [9.17, 15) is 4.79 Å². The van der Waals surface area contributed by atoms with Crippen LogP contribution in [0.25, 0.3) is 0 Å². The van der Waals surface area contributed by atoms with Crippen LogP contribution in [0.3, 0.4) is 0 Å². The number of hydrogen-bond acceptors (Lipinski definition) is 3. The summed E-state index contributed by atoms with van der Waals surface area (Å²) in [6.45, 7) is 4.59. The molecule has 0 atom stereocenters. The van der Waals surface area contributed by atoms with E-state index in [0.717, 1.165) is 13.0 Å². The molecule has 1 fully saturated rings. The predicted octanol–water partition coefficient (Wildman–Crippen LogP) is 1.24. The first-order chi connectivity index (χ1) is 8.70. The van der Waals surface area contributed by atoms with E-state index < -0.39 is 0 Å². The SMILES string of the molecule is CCc1ccc(OCCN2CCNC2=O)c(N)c1. The summed E-state index contributed by atoms with van der Waals surface area (Å²) < 4.78 is 5.60. The van der Waals surface area contributed by atoms with Gasteiger partial charge in [-0.05, 0) is 24.1 Å². The van der Waals surface area contributed by atoms with E-state index in [-0.39, 0.29) is 6.03 Å². The van der Waals surface area contributed by atoms with E-state index in [1.54, 1.807) is 4.90 Å². The molecule has 2 amide bonds. The lowest BCUT2D eigenvalue weighted by Gasteiger charge is -2.15. The van der Waals surface area contributed by atoms with Crippen LogP contribution in [0, 0.1) is 0 Å². The summed E-state index contributed by atoms with van der Waals surface area (Å²) in [4.78, 5) is 13.0. The van der Waals surface area contributed by atoms with E-state index in [4.69, 9.17) is 10.5 Å². The Bertz CT molecular complexity index is 434. The molecule has 1 aromatic carbocycles. The van der Waals surface area contributed by atoms with Gasteiger partial charge in [-0.1, -0.05) is 13.0 Å². The van der Waals surface area contributed by atoms with Crippen molar-refractivity contribution < 1.29 is 9.53 Å². The van der Waals surface area contributed by atoms with Gasteiger partial charge < -0.3 is 20.7 Å². The van der Waals surface area contributed by atoms with Crippen LogP contribution in [-0.2, 0) is 6.42 Å². The van der Waals surface area contributed by atoms with Gasteiger partial charge in [-0.25, -0.2) is 4.79 Å². The Balaban J connectivity index is 1.84. The molecule has 0 aromatic heterocycles. The highest BCUT2D eigenvalue weighted by Crippen LogP contribution is 2.22. The number of nitrogens with one attached hydrogen (secondary N) is 1. The summed E-state index contributed by atoms with van der Waals surface area (Å²) in [5.41, 5.74) is 7.75. The monoisotopic (exact) mass is 249 g/mol. The number of nitrogens with zero attached hydrogens (tertiary/aromatic N) is 1. The van der Waals surface area contributed by atoms with Crippen molar-refractivity contribution >= 4 is 11.7 Å². The maximum absolute atomic E-state index is 11.3. The zero-order valence-corrected chi connectivity index (χ0v) is 10.6. The number of hydrogen-bond donors (Lipinski definition) is 2. The van der Waals surface area contributed by atoms with Gasteiger partial charge in [-0.3, -0.25) is 0 Å². The first-order valence-corrected chi connectivity index (χ1v) is 6.24. The van der Waals surface area contributed by atoms with Gasteiger partial charge >= 0.3 is 6.03 Å². The third-order valence-corrected chi connectivity index (χ3v) is 3.05. The standard InChI is InChI=1S/C13H19N3O2/c1-2-10-3-4-12(11(14)9-10)18-8-7-16-6-5-15-13(16)17/h3-4,9H,2,5-8,14H2,1H3,(H,15,17). The summed E-state index contributed by atoms with van der Waals surface area (Å²) in [5.74, 6) is 0.687. The highest BCUT2D eigenvalue weighted by Gasteiger charge is 2.18. The number of anilines is 1. The number of benzene rings is 1. The molecule has 0 bridgehead atoms. The molecule has 0 spiro atoms. The molecule has 1 saturated heterocycles. The lowest BCUT2D eigenvalue weighted by Crippen LogP contribution is -2.31. The van der Waals surface area contributed by atoms with Gasteiger partial charge in [0.15, 0.2) is 0 Å². The number of nitrogens with two attached hydrogens (primary N) is 1. The Labute approximate surface area is 107 Å². The van der Waals surface area contributed by atoms with Crippen molar-refractivity contribution in [2.24, 2.45) is 0 Å². The van der Waals surface area contributed by atoms with Gasteiger partial charge in [0.2, 0.25) is 0 Å². The number of ether oxygens (including phenoxy) is 1. The molecule has 0 radical (unpaired) electrons. The molecular weight excluding hydrogens is 230 g/mol. The number of nitrogen functional groups attached to an aromatic ring is 1. The van der Waals surface area contributed by atoms with Gasteiger partial charge in [-0.2, -0.15) is 0 Å². The molecule has 3 N–H and O–H groups in total. The fourth-order valence-corrected chi connectivity index (χ4v) is 1.94. The smallest absolute Gasteiger partial charge is 0.317 e. The van der Waals surface area contributed by atoms with Crippen molar-refractivity contribution in [3.05, 3.63) is 23.8 Å². The minimum absolute atomic E-state index is 0.0205. The minimum Gasteiger partial charge on any atom is -0.490 e. The lowest BCUT2D eigenvalue weighted by atomic mass is 10.1. The Morgan fingerprint density at radius 3 is 2.94 bits per heavy atom. The lowest BCUT2D eigenvalue weighted by molar-refractivity contribution is 0.203. The summed E-state index contributed by atoms with van der Waals surface area (Å²) >= 11 is 0. The molecule has 1 aromatic rings. The Hall–Kier alpha value is -1.91. The van der Waals surface area contributed by atoms with Crippen molar-refractivity contribution in [3.63, 3.8) is 0 Å². The number of aryl methyl sites for hydroxylation is 1. The van der Waals surface area contributed by atoms with Gasteiger partial charge in [-0.15, -0.1) is 0 Å². The number of urea groups is 1. The summed E-state index contributed by atoms with van der Waals surface area (Å²) in [5, 5.41) is 2.75. The minimum atomic E-state index is -0.0205. The van der Waals surface area contributed by atoms with Crippen LogP contribution in [0.2, 0.25) is 0 Å². The molecular formula is C13H19N3O2. The second-order valence-corrected chi connectivity index (χ2v) is 4.29. The summed E-state index contributed by atoms with van der Waals surface area (Å²) in [6.07, 6.45) is 0.957. The molecule has 0 aliphatic carbocycles. The second kappa shape index (κ2) is 5.62. The number of carbonyl (C=O) groups is 1. The molecule has 1 heterocycles. The summed E-state index contributed by atoms with van der Waals surface area (Å²) in [6, 6.07) is 5.80. The molecule has 18 heavy (non-hydrogen) atoms. The molecule has 0 unspecified atom stereocenters. The first kappa shape index (κ1) is 12.5. The molecule has 2 rings (SSSR count).